The number of benzene rings is 1. The predicted octanol–water partition coefficient (Wildman–Crippen LogP) is 2.42. The molecule has 2 rings (SSSR count). The van der Waals surface area contributed by atoms with Crippen molar-refractivity contribution in [2.45, 2.75) is 6.61 Å². The molecule has 0 radical (unpaired) electrons. The molecule has 1 aromatic carbocycles. The molecule has 1 aromatic heterocycles. The molecule has 21 heavy (non-hydrogen) atoms. The predicted molar refractivity (Wildman–Crippen MR) is 79.1 cm³/mol. The smallest absolute Gasteiger partial charge is 0.173 e. The normalized spacial score (nSPS) is 11.2. The van der Waals surface area contributed by atoms with Crippen molar-refractivity contribution in [3.63, 3.8) is 0 Å². The van der Waals surface area contributed by atoms with Crippen molar-refractivity contribution in [3.8, 4) is 11.5 Å². The number of pyridine rings is 1. The number of nitrogens with two attached hydrogens (primary N) is 1. The summed E-state index contributed by atoms with van der Waals surface area (Å²) in [5, 5.41) is 12.3. The Hall–Kier alpha value is -2.47. The summed E-state index contributed by atoms with van der Waals surface area (Å²) in [5.41, 5.74) is 6.94. The van der Waals surface area contributed by atoms with Crippen LogP contribution in [-0.4, -0.2) is 23.1 Å². The molecule has 0 aliphatic rings. The maximum atomic E-state index is 8.79. The lowest BCUT2D eigenvalue weighted by Crippen LogP contribution is -2.15. The fourth-order valence-corrected chi connectivity index (χ4v) is 1.90. The summed E-state index contributed by atoms with van der Waals surface area (Å²) in [6, 6.07) is 6.95. The second-order valence-electron chi connectivity index (χ2n) is 4.15. The molecule has 7 heteroatoms. The third-order valence-corrected chi connectivity index (χ3v) is 2.94. The van der Waals surface area contributed by atoms with E-state index in [4.69, 9.17) is 32.0 Å². The van der Waals surface area contributed by atoms with Gasteiger partial charge in [0, 0.05) is 12.3 Å². The van der Waals surface area contributed by atoms with Crippen LogP contribution < -0.4 is 15.2 Å². The van der Waals surface area contributed by atoms with Crippen LogP contribution in [0.1, 0.15) is 11.1 Å². The first-order chi connectivity index (χ1) is 10.1. The maximum absolute atomic E-state index is 8.79. The lowest BCUT2D eigenvalue weighted by atomic mass is 10.1. The Labute approximate surface area is 126 Å². The van der Waals surface area contributed by atoms with Gasteiger partial charge < -0.3 is 20.4 Å². The zero-order valence-electron chi connectivity index (χ0n) is 11.3. The Bertz CT molecular complexity index is 662. The summed E-state index contributed by atoms with van der Waals surface area (Å²) < 4.78 is 10.7. The molecule has 0 saturated carbocycles. The molecule has 0 aliphatic carbocycles. The van der Waals surface area contributed by atoms with Gasteiger partial charge in [0.2, 0.25) is 0 Å². The van der Waals surface area contributed by atoms with Crippen molar-refractivity contribution in [1.29, 1.82) is 0 Å². The molecule has 6 nitrogen and oxygen atoms in total. The van der Waals surface area contributed by atoms with Gasteiger partial charge in [0.05, 0.1) is 23.9 Å². The summed E-state index contributed by atoms with van der Waals surface area (Å²) in [4.78, 5) is 3.93. The number of amidine groups is 1. The first kappa shape index (κ1) is 14.9. The van der Waals surface area contributed by atoms with Crippen molar-refractivity contribution >= 4 is 17.4 Å². The molecule has 0 amide bonds. The van der Waals surface area contributed by atoms with E-state index >= 15 is 0 Å². The van der Waals surface area contributed by atoms with E-state index in [1.807, 2.05) is 6.07 Å². The molecule has 0 fully saturated rings. The highest BCUT2D eigenvalue weighted by atomic mass is 35.5. The van der Waals surface area contributed by atoms with Gasteiger partial charge in [-0.05, 0) is 17.7 Å². The summed E-state index contributed by atoms with van der Waals surface area (Å²) in [6.07, 6.45) is 3.10. The number of hydrogen-bond donors (Lipinski definition) is 2. The molecule has 0 atom stereocenters. The Kier molecular flexibility index (Phi) is 4.84. The average molecular weight is 308 g/mol. The number of ether oxygens (including phenoxy) is 2. The number of nitrogens with zero attached hydrogens (tertiary/aromatic N) is 2. The molecule has 0 saturated heterocycles. The van der Waals surface area contributed by atoms with Crippen LogP contribution in [0.3, 0.4) is 0 Å². The molecule has 3 N–H and O–H groups in total. The Morgan fingerprint density at radius 1 is 1.38 bits per heavy atom. The van der Waals surface area contributed by atoms with Crippen LogP contribution in [0.4, 0.5) is 0 Å². The number of hydrogen-bond acceptors (Lipinski definition) is 5. The standard InChI is InChI=1S/C14H14ClN3O3/c1-20-13-3-2-9(4-12(13)14(16)18-19)8-21-11-5-10(15)6-17-7-11/h2-7,19H,8H2,1H3,(H2,16,18). The van der Waals surface area contributed by atoms with Gasteiger partial charge in [-0.3, -0.25) is 4.98 Å². The van der Waals surface area contributed by atoms with Gasteiger partial charge in [-0.25, -0.2) is 0 Å². The van der Waals surface area contributed by atoms with E-state index in [9.17, 15) is 0 Å². The van der Waals surface area contributed by atoms with Gasteiger partial charge in [-0.2, -0.15) is 0 Å². The molecule has 2 aromatic rings. The fourth-order valence-electron chi connectivity index (χ4n) is 1.74. The summed E-state index contributed by atoms with van der Waals surface area (Å²) in [5.74, 6) is 1.04. The monoisotopic (exact) mass is 307 g/mol. The van der Waals surface area contributed by atoms with Gasteiger partial charge in [-0.1, -0.05) is 22.8 Å². The van der Waals surface area contributed by atoms with E-state index < -0.39 is 0 Å². The first-order valence-corrected chi connectivity index (χ1v) is 6.40. The third-order valence-electron chi connectivity index (χ3n) is 2.73. The Morgan fingerprint density at radius 3 is 2.86 bits per heavy atom. The molecule has 1 heterocycles. The van der Waals surface area contributed by atoms with Crippen molar-refractivity contribution in [2.75, 3.05) is 7.11 Å². The number of aromatic nitrogens is 1. The number of oxime groups is 1. The van der Waals surface area contributed by atoms with E-state index in [0.717, 1.165) is 5.56 Å². The minimum atomic E-state index is -0.0295. The van der Waals surface area contributed by atoms with E-state index in [2.05, 4.69) is 10.1 Å². The first-order valence-electron chi connectivity index (χ1n) is 6.02. The summed E-state index contributed by atoms with van der Waals surface area (Å²) in [7, 11) is 1.51. The highest BCUT2D eigenvalue weighted by Gasteiger charge is 2.09. The molecule has 0 bridgehead atoms. The zero-order chi connectivity index (χ0) is 15.2. The SMILES string of the molecule is COc1ccc(COc2cncc(Cl)c2)cc1C(N)=NO. The minimum absolute atomic E-state index is 0.0295. The highest BCUT2D eigenvalue weighted by Crippen LogP contribution is 2.21. The molecule has 0 spiro atoms. The number of rotatable bonds is 5. The zero-order valence-corrected chi connectivity index (χ0v) is 12.0. The van der Waals surface area contributed by atoms with Gasteiger partial charge in [0.15, 0.2) is 5.84 Å². The van der Waals surface area contributed by atoms with Gasteiger partial charge in [-0.15, -0.1) is 0 Å². The Balaban J connectivity index is 2.17. The lowest BCUT2D eigenvalue weighted by Gasteiger charge is -2.10. The second kappa shape index (κ2) is 6.81. The van der Waals surface area contributed by atoms with Crippen LogP contribution in [0.15, 0.2) is 41.8 Å². The molecular weight excluding hydrogens is 294 g/mol. The van der Waals surface area contributed by atoms with E-state index in [1.54, 1.807) is 24.4 Å². The van der Waals surface area contributed by atoms with Crippen LogP contribution in [-0.2, 0) is 6.61 Å². The second-order valence-corrected chi connectivity index (χ2v) is 4.58. The molecular formula is C14H14ClN3O3. The van der Waals surface area contributed by atoms with Gasteiger partial charge >= 0.3 is 0 Å². The van der Waals surface area contributed by atoms with Crippen LogP contribution in [0.2, 0.25) is 5.02 Å². The van der Waals surface area contributed by atoms with E-state index in [0.29, 0.717) is 22.1 Å². The molecule has 0 aliphatic heterocycles. The van der Waals surface area contributed by atoms with Crippen molar-refractivity contribution in [1.82, 2.24) is 4.98 Å². The Morgan fingerprint density at radius 2 is 2.19 bits per heavy atom. The van der Waals surface area contributed by atoms with Crippen LogP contribution in [0.25, 0.3) is 0 Å². The maximum Gasteiger partial charge on any atom is 0.173 e. The van der Waals surface area contributed by atoms with E-state index in [-0.39, 0.29) is 12.4 Å². The van der Waals surface area contributed by atoms with Crippen molar-refractivity contribution < 1.29 is 14.7 Å². The quantitative estimate of drug-likeness (QED) is 0.383. The summed E-state index contributed by atoms with van der Waals surface area (Å²) in [6.45, 7) is 0.289. The van der Waals surface area contributed by atoms with Crippen LogP contribution in [0.5, 0.6) is 11.5 Å². The van der Waals surface area contributed by atoms with Crippen LogP contribution in [0, 0.1) is 0 Å². The highest BCUT2D eigenvalue weighted by molar-refractivity contribution is 6.30. The number of methoxy groups -OCH3 is 1. The van der Waals surface area contributed by atoms with Crippen LogP contribution >= 0.6 is 11.6 Å². The molecule has 0 unspecified atom stereocenters. The van der Waals surface area contributed by atoms with Crippen molar-refractivity contribution in [3.05, 3.63) is 52.8 Å². The lowest BCUT2D eigenvalue weighted by molar-refractivity contribution is 0.304. The largest absolute Gasteiger partial charge is 0.496 e. The van der Waals surface area contributed by atoms with Crippen molar-refractivity contribution in [2.24, 2.45) is 10.9 Å². The van der Waals surface area contributed by atoms with Gasteiger partial charge in [0.25, 0.3) is 0 Å². The third kappa shape index (κ3) is 3.76. The van der Waals surface area contributed by atoms with Gasteiger partial charge in [0.1, 0.15) is 18.1 Å². The number of halogens is 1. The summed E-state index contributed by atoms with van der Waals surface area (Å²) >= 11 is 5.83. The molecule has 110 valence electrons. The fraction of sp³-hybridized carbons (Fsp3) is 0.143. The topological polar surface area (TPSA) is 90.0 Å². The average Bonchev–Trinajstić information content (AvgIpc) is 2.52. The minimum Gasteiger partial charge on any atom is -0.496 e. The van der Waals surface area contributed by atoms with E-state index in [1.165, 1.54) is 13.3 Å².